The number of pyridine rings is 1. The number of piperidine rings is 1. The average molecular weight is 523 g/mol. The Bertz CT molecular complexity index is 1380. The number of hydrogen-bond donors (Lipinski definition) is 2. The Morgan fingerprint density at radius 3 is 2.63 bits per heavy atom. The van der Waals surface area contributed by atoms with E-state index in [0.717, 1.165) is 24.0 Å². The second-order valence-corrected chi connectivity index (χ2v) is 10.5. The van der Waals surface area contributed by atoms with Crippen LogP contribution in [0.25, 0.3) is 11.0 Å². The van der Waals surface area contributed by atoms with Gasteiger partial charge in [0.25, 0.3) is 0 Å². The highest BCUT2D eigenvalue weighted by atomic mass is 19.1. The van der Waals surface area contributed by atoms with E-state index in [1.54, 1.807) is 20.0 Å². The average Bonchev–Trinajstić information content (AvgIpc) is 2.85. The van der Waals surface area contributed by atoms with Gasteiger partial charge in [-0.25, -0.2) is 18.7 Å². The highest BCUT2D eigenvalue weighted by molar-refractivity contribution is 5.81. The smallest absolute Gasteiger partial charge is 0.174 e. The summed E-state index contributed by atoms with van der Waals surface area (Å²) in [4.78, 5) is 18.5. The molecule has 2 aliphatic heterocycles. The van der Waals surface area contributed by atoms with E-state index in [1.165, 1.54) is 12.1 Å². The van der Waals surface area contributed by atoms with Gasteiger partial charge in [0.05, 0.1) is 23.0 Å². The lowest BCUT2D eigenvalue weighted by atomic mass is 10.0. The van der Waals surface area contributed by atoms with E-state index in [-0.39, 0.29) is 11.9 Å². The molecule has 0 unspecified atom stereocenters. The predicted molar refractivity (Wildman–Crippen MR) is 143 cm³/mol. The zero-order valence-electron chi connectivity index (χ0n) is 21.8. The van der Waals surface area contributed by atoms with Gasteiger partial charge >= 0.3 is 0 Å². The highest BCUT2D eigenvalue weighted by Crippen LogP contribution is 2.31. The lowest BCUT2D eigenvalue weighted by Gasteiger charge is -2.34. The first-order valence-electron chi connectivity index (χ1n) is 12.7. The number of aliphatic hydroxyl groups is 1. The van der Waals surface area contributed by atoms with Crippen molar-refractivity contribution in [3.05, 3.63) is 71.8 Å². The maximum atomic E-state index is 14.1. The van der Waals surface area contributed by atoms with Crippen LogP contribution in [0.2, 0.25) is 0 Å². The molecule has 200 valence electrons. The molecule has 0 bridgehead atoms. The maximum Gasteiger partial charge on any atom is 0.174 e. The lowest BCUT2D eigenvalue weighted by molar-refractivity contribution is 0.0800. The Hall–Kier alpha value is -3.79. The van der Waals surface area contributed by atoms with Crippen molar-refractivity contribution in [1.82, 2.24) is 19.9 Å². The number of anilines is 2. The van der Waals surface area contributed by atoms with Crippen molar-refractivity contribution in [2.75, 3.05) is 36.9 Å². The number of fused-ring (bicyclic) bond motifs is 1. The molecule has 0 radical (unpaired) electrons. The monoisotopic (exact) mass is 522 g/mol. The zero-order chi connectivity index (χ0) is 26.9. The first kappa shape index (κ1) is 25.8. The van der Waals surface area contributed by atoms with Gasteiger partial charge in [0.2, 0.25) is 0 Å². The minimum absolute atomic E-state index is 0.0609. The summed E-state index contributed by atoms with van der Waals surface area (Å²) < 4.78 is 33.2. The molecular weight excluding hydrogens is 490 g/mol. The van der Waals surface area contributed by atoms with Crippen molar-refractivity contribution in [3.63, 3.8) is 0 Å². The third kappa shape index (κ3) is 6.19. The lowest BCUT2D eigenvalue weighted by Crippen LogP contribution is -2.39. The first-order valence-corrected chi connectivity index (χ1v) is 12.7. The van der Waals surface area contributed by atoms with Gasteiger partial charge in [-0.15, -0.1) is 0 Å². The van der Waals surface area contributed by atoms with Gasteiger partial charge in [0.1, 0.15) is 17.4 Å². The van der Waals surface area contributed by atoms with Gasteiger partial charge in [-0.3, -0.25) is 4.98 Å². The normalized spacial score (nSPS) is 16.6. The molecule has 0 spiro atoms. The van der Waals surface area contributed by atoms with Crippen molar-refractivity contribution >= 4 is 22.7 Å². The van der Waals surface area contributed by atoms with Crippen molar-refractivity contribution in [2.45, 2.75) is 44.8 Å². The first-order chi connectivity index (χ1) is 18.1. The molecule has 0 atom stereocenters. The summed E-state index contributed by atoms with van der Waals surface area (Å²) in [5.74, 6) is 0.0484. The molecule has 1 aromatic carbocycles. The topological polar surface area (TPSA) is 86.6 Å². The quantitative estimate of drug-likeness (QED) is 0.472. The Balaban J connectivity index is 1.40. The highest BCUT2D eigenvalue weighted by Gasteiger charge is 2.26. The van der Waals surface area contributed by atoms with Crippen LogP contribution in [0.1, 0.15) is 32.4 Å². The van der Waals surface area contributed by atoms with Crippen LogP contribution in [0.3, 0.4) is 0 Å². The van der Waals surface area contributed by atoms with E-state index in [0.29, 0.717) is 55.0 Å². The molecule has 4 heterocycles. The standard InChI is InChI=1S/C28H32F2N6O2/c1-28(2,37)15-20-14-23-24(16-31-20)34-27(26(33-23)32-19-5-4-10-35(3)17-19)36-11-8-21(9-12-36)38-25-7-6-18(29)13-22(25)30/h4-7,13-14,16-17,21,37H,8-12,15H2,1-3H3,(H,32,33). The van der Waals surface area contributed by atoms with Crippen LogP contribution in [0.15, 0.2) is 54.5 Å². The van der Waals surface area contributed by atoms with Gasteiger partial charge in [0, 0.05) is 63.9 Å². The number of nitrogens with one attached hydrogen (secondary N) is 1. The Labute approximate surface area is 220 Å². The molecule has 8 nitrogen and oxygen atoms in total. The molecule has 5 rings (SSSR count). The summed E-state index contributed by atoms with van der Waals surface area (Å²) in [7, 11) is 2.00. The largest absolute Gasteiger partial charge is 0.487 e. The third-order valence-corrected chi connectivity index (χ3v) is 6.44. The summed E-state index contributed by atoms with van der Waals surface area (Å²) in [6, 6.07) is 5.22. The number of allylic oxidation sites excluding steroid dienone is 1. The van der Waals surface area contributed by atoms with Crippen molar-refractivity contribution < 1.29 is 18.6 Å². The van der Waals surface area contributed by atoms with Crippen molar-refractivity contribution in [2.24, 2.45) is 0 Å². The van der Waals surface area contributed by atoms with Crippen molar-refractivity contribution in [1.29, 1.82) is 0 Å². The Morgan fingerprint density at radius 2 is 1.92 bits per heavy atom. The van der Waals surface area contributed by atoms with Crippen LogP contribution in [0.5, 0.6) is 5.75 Å². The molecule has 2 aliphatic rings. The van der Waals surface area contributed by atoms with E-state index >= 15 is 0 Å². The van der Waals surface area contributed by atoms with Crippen LogP contribution >= 0.6 is 0 Å². The molecule has 38 heavy (non-hydrogen) atoms. The molecule has 1 saturated heterocycles. The van der Waals surface area contributed by atoms with E-state index in [1.807, 2.05) is 25.4 Å². The molecule has 0 aliphatic carbocycles. The minimum Gasteiger partial charge on any atom is -0.487 e. The third-order valence-electron chi connectivity index (χ3n) is 6.44. The SMILES string of the molecule is CN1C=C(Nc2nc3cc(CC(C)(C)O)ncc3nc2N2CCC(Oc3ccc(F)cc3F)CC2)C=CC1. The number of rotatable bonds is 7. The second kappa shape index (κ2) is 10.5. The van der Waals surface area contributed by atoms with E-state index in [2.05, 4.69) is 26.2 Å². The fraction of sp³-hybridized carbons (Fsp3) is 0.393. The number of likely N-dealkylation sites (N-methyl/N-ethyl adjacent to an activating group) is 1. The molecule has 3 aromatic rings. The van der Waals surface area contributed by atoms with Gasteiger partial charge < -0.3 is 25.0 Å². The van der Waals surface area contributed by atoms with Crippen LogP contribution in [-0.4, -0.2) is 63.3 Å². The number of hydrogen-bond acceptors (Lipinski definition) is 8. The molecule has 2 N–H and O–H groups in total. The molecule has 1 fully saturated rings. The summed E-state index contributed by atoms with van der Waals surface area (Å²) in [5, 5.41) is 13.7. The Kier molecular flexibility index (Phi) is 7.16. The fourth-order valence-electron chi connectivity index (χ4n) is 4.66. The predicted octanol–water partition coefficient (Wildman–Crippen LogP) is 4.42. The van der Waals surface area contributed by atoms with Gasteiger partial charge in [0.15, 0.2) is 23.2 Å². The number of benzene rings is 1. The van der Waals surface area contributed by atoms with Gasteiger partial charge in [-0.05, 0) is 38.1 Å². The van der Waals surface area contributed by atoms with Gasteiger partial charge in [-0.2, -0.15) is 0 Å². The molecule has 2 aromatic heterocycles. The van der Waals surface area contributed by atoms with Gasteiger partial charge in [-0.1, -0.05) is 6.08 Å². The van der Waals surface area contributed by atoms with E-state index in [9.17, 15) is 13.9 Å². The van der Waals surface area contributed by atoms with E-state index in [4.69, 9.17) is 14.7 Å². The number of nitrogens with zero attached hydrogens (tertiary/aromatic N) is 5. The molecule has 0 amide bonds. The molecule has 0 saturated carbocycles. The summed E-state index contributed by atoms with van der Waals surface area (Å²) in [6.45, 7) is 5.58. The van der Waals surface area contributed by atoms with Crippen LogP contribution < -0.4 is 15.0 Å². The fourth-order valence-corrected chi connectivity index (χ4v) is 4.66. The molecule has 10 heteroatoms. The summed E-state index contributed by atoms with van der Waals surface area (Å²) >= 11 is 0. The van der Waals surface area contributed by atoms with Crippen molar-refractivity contribution in [3.8, 4) is 5.75 Å². The summed E-state index contributed by atoms with van der Waals surface area (Å²) in [5.41, 5.74) is 2.08. The second-order valence-electron chi connectivity index (χ2n) is 10.5. The maximum absolute atomic E-state index is 14.1. The van der Waals surface area contributed by atoms with Crippen LogP contribution in [-0.2, 0) is 6.42 Å². The van der Waals surface area contributed by atoms with Crippen LogP contribution in [0.4, 0.5) is 20.4 Å². The molecular formula is C28H32F2N6O2. The Morgan fingerprint density at radius 1 is 1.13 bits per heavy atom. The number of aromatic nitrogens is 3. The number of halogens is 2. The van der Waals surface area contributed by atoms with E-state index < -0.39 is 17.2 Å². The number of ether oxygens (including phenoxy) is 1. The summed E-state index contributed by atoms with van der Waals surface area (Å²) in [6.07, 6.45) is 9.28. The minimum atomic E-state index is -0.888. The van der Waals surface area contributed by atoms with Crippen LogP contribution in [0, 0.1) is 11.6 Å². The zero-order valence-corrected chi connectivity index (χ0v) is 21.8.